The fourth-order valence-corrected chi connectivity index (χ4v) is 3.17. The van der Waals surface area contributed by atoms with E-state index in [4.69, 9.17) is 9.47 Å². The van der Waals surface area contributed by atoms with Gasteiger partial charge in [-0.1, -0.05) is 12.1 Å². The van der Waals surface area contributed by atoms with Crippen LogP contribution in [-0.2, 0) is 4.74 Å². The number of benzene rings is 2. The number of pyridine rings is 1. The van der Waals surface area contributed by atoms with E-state index >= 15 is 0 Å². The molecule has 0 aliphatic heterocycles. The summed E-state index contributed by atoms with van der Waals surface area (Å²) in [4.78, 5) is 31.8. The van der Waals surface area contributed by atoms with Crippen LogP contribution in [0, 0.1) is 0 Å². The van der Waals surface area contributed by atoms with Crippen molar-refractivity contribution in [2.45, 2.75) is 6.92 Å². The Kier molecular flexibility index (Phi) is 4.87. The van der Waals surface area contributed by atoms with Crippen LogP contribution in [0.2, 0.25) is 0 Å². The normalized spacial score (nSPS) is 10.8. The average molecular weight is 389 g/mol. The van der Waals surface area contributed by atoms with Gasteiger partial charge in [-0.15, -0.1) is 0 Å². The van der Waals surface area contributed by atoms with Gasteiger partial charge in [0.1, 0.15) is 17.1 Å². The Hall–Kier alpha value is -3.87. The number of fused-ring (bicyclic) bond motifs is 2. The van der Waals surface area contributed by atoms with Gasteiger partial charge in [0.25, 0.3) is 5.91 Å². The number of hydrogen-bond donors (Lipinski definition) is 2. The molecule has 7 heteroatoms. The number of carbonyl (C=O) groups is 2. The Bertz CT molecular complexity index is 1230. The average Bonchev–Trinajstić information content (AvgIpc) is 3.16. The summed E-state index contributed by atoms with van der Waals surface area (Å²) >= 11 is 0. The zero-order valence-corrected chi connectivity index (χ0v) is 16.0. The van der Waals surface area contributed by atoms with E-state index in [-0.39, 0.29) is 5.91 Å². The van der Waals surface area contributed by atoms with E-state index < -0.39 is 5.97 Å². The summed E-state index contributed by atoms with van der Waals surface area (Å²) < 4.78 is 10.3. The summed E-state index contributed by atoms with van der Waals surface area (Å²) in [5.74, 6) is -0.0300. The highest BCUT2D eigenvalue weighted by molar-refractivity contribution is 6.06. The van der Waals surface area contributed by atoms with Gasteiger partial charge in [-0.05, 0) is 48.7 Å². The number of amides is 1. The van der Waals surface area contributed by atoms with Gasteiger partial charge in [0, 0.05) is 28.2 Å². The van der Waals surface area contributed by atoms with E-state index in [1.807, 2.05) is 18.2 Å². The second-order valence-corrected chi connectivity index (χ2v) is 6.41. The van der Waals surface area contributed by atoms with Gasteiger partial charge in [0.15, 0.2) is 0 Å². The molecule has 0 bridgehead atoms. The van der Waals surface area contributed by atoms with Crippen molar-refractivity contribution in [3.8, 4) is 5.75 Å². The first-order chi connectivity index (χ1) is 14.1. The quantitative estimate of drug-likeness (QED) is 0.500. The fourth-order valence-electron chi connectivity index (χ4n) is 3.17. The Morgan fingerprint density at radius 2 is 1.97 bits per heavy atom. The number of anilines is 1. The summed E-state index contributed by atoms with van der Waals surface area (Å²) in [6.07, 6.45) is 1.63. The van der Waals surface area contributed by atoms with Crippen LogP contribution in [0.25, 0.3) is 21.7 Å². The molecular weight excluding hydrogens is 370 g/mol. The molecule has 0 saturated carbocycles. The number of H-pyrrole nitrogens is 1. The van der Waals surface area contributed by atoms with E-state index in [1.165, 1.54) is 0 Å². The smallest absolute Gasteiger partial charge is 0.354 e. The molecule has 0 saturated heterocycles. The molecule has 2 heterocycles. The molecule has 4 aromatic rings. The van der Waals surface area contributed by atoms with Crippen molar-refractivity contribution >= 4 is 39.2 Å². The molecule has 2 N–H and O–H groups in total. The molecule has 0 aliphatic carbocycles. The lowest BCUT2D eigenvalue weighted by Crippen LogP contribution is -2.13. The predicted molar refractivity (Wildman–Crippen MR) is 111 cm³/mol. The van der Waals surface area contributed by atoms with Crippen molar-refractivity contribution in [3.05, 3.63) is 66.1 Å². The molecule has 0 fully saturated rings. The minimum atomic E-state index is -0.412. The maximum absolute atomic E-state index is 12.7. The lowest BCUT2D eigenvalue weighted by atomic mass is 10.1. The number of esters is 1. The number of ether oxygens (including phenoxy) is 2. The highest BCUT2D eigenvalue weighted by Crippen LogP contribution is 2.25. The van der Waals surface area contributed by atoms with Crippen molar-refractivity contribution in [1.82, 2.24) is 9.97 Å². The molecule has 0 radical (unpaired) electrons. The highest BCUT2D eigenvalue weighted by Gasteiger charge is 2.13. The van der Waals surface area contributed by atoms with Crippen molar-refractivity contribution in [2.24, 2.45) is 0 Å². The van der Waals surface area contributed by atoms with Crippen LogP contribution in [0.4, 0.5) is 5.69 Å². The molecular formula is C22H19N3O4. The predicted octanol–water partition coefficient (Wildman–Crippen LogP) is 4.15. The minimum absolute atomic E-state index is 0.298. The van der Waals surface area contributed by atoms with Gasteiger partial charge in [-0.3, -0.25) is 9.78 Å². The monoisotopic (exact) mass is 389 g/mol. The number of rotatable bonds is 5. The van der Waals surface area contributed by atoms with Gasteiger partial charge < -0.3 is 19.8 Å². The third kappa shape index (κ3) is 3.62. The van der Waals surface area contributed by atoms with Crippen LogP contribution < -0.4 is 10.1 Å². The molecule has 0 aliphatic rings. The SMILES string of the molecule is CCOC(=O)c1cc2cc(NC(=O)c3cc4cccc(OC)c4cn3)ccc2[nH]1. The molecule has 146 valence electrons. The largest absolute Gasteiger partial charge is 0.496 e. The van der Waals surface area contributed by atoms with E-state index in [0.717, 1.165) is 21.7 Å². The number of aromatic amines is 1. The van der Waals surface area contributed by atoms with Crippen LogP contribution in [0.3, 0.4) is 0 Å². The molecule has 7 nitrogen and oxygen atoms in total. The number of methoxy groups -OCH3 is 1. The van der Waals surface area contributed by atoms with Gasteiger partial charge in [-0.25, -0.2) is 4.79 Å². The topological polar surface area (TPSA) is 93.3 Å². The first-order valence-corrected chi connectivity index (χ1v) is 9.13. The van der Waals surface area contributed by atoms with Crippen LogP contribution in [0.5, 0.6) is 5.75 Å². The van der Waals surface area contributed by atoms with Crippen LogP contribution in [0.1, 0.15) is 27.9 Å². The van der Waals surface area contributed by atoms with Gasteiger partial charge in [0.2, 0.25) is 0 Å². The Balaban J connectivity index is 1.58. The van der Waals surface area contributed by atoms with E-state index in [0.29, 0.717) is 29.4 Å². The molecule has 1 amide bonds. The van der Waals surface area contributed by atoms with Crippen LogP contribution >= 0.6 is 0 Å². The third-order valence-electron chi connectivity index (χ3n) is 4.55. The van der Waals surface area contributed by atoms with E-state index in [9.17, 15) is 9.59 Å². The second-order valence-electron chi connectivity index (χ2n) is 6.41. The molecule has 2 aromatic carbocycles. The lowest BCUT2D eigenvalue weighted by Gasteiger charge is -2.08. The van der Waals surface area contributed by atoms with Crippen molar-refractivity contribution in [3.63, 3.8) is 0 Å². The highest BCUT2D eigenvalue weighted by atomic mass is 16.5. The van der Waals surface area contributed by atoms with Crippen LogP contribution in [-0.4, -0.2) is 35.6 Å². The summed E-state index contributed by atoms with van der Waals surface area (Å²) in [7, 11) is 1.60. The molecule has 29 heavy (non-hydrogen) atoms. The fraction of sp³-hybridized carbons (Fsp3) is 0.136. The summed E-state index contributed by atoms with van der Waals surface area (Å²) in [5.41, 5.74) is 2.05. The first-order valence-electron chi connectivity index (χ1n) is 9.13. The van der Waals surface area contributed by atoms with Crippen molar-refractivity contribution in [2.75, 3.05) is 19.0 Å². The lowest BCUT2D eigenvalue weighted by molar-refractivity contribution is 0.0520. The van der Waals surface area contributed by atoms with Crippen molar-refractivity contribution in [1.29, 1.82) is 0 Å². The summed E-state index contributed by atoms with van der Waals surface area (Å²) in [6, 6.07) is 14.4. The van der Waals surface area contributed by atoms with Gasteiger partial charge in [-0.2, -0.15) is 0 Å². The van der Waals surface area contributed by atoms with Gasteiger partial charge >= 0.3 is 5.97 Å². The Morgan fingerprint density at radius 1 is 1.10 bits per heavy atom. The van der Waals surface area contributed by atoms with Crippen molar-refractivity contribution < 1.29 is 19.1 Å². The van der Waals surface area contributed by atoms with Crippen LogP contribution in [0.15, 0.2) is 54.7 Å². The van der Waals surface area contributed by atoms with E-state index in [1.54, 1.807) is 50.6 Å². The molecule has 4 rings (SSSR count). The Morgan fingerprint density at radius 3 is 2.76 bits per heavy atom. The molecule has 0 atom stereocenters. The maximum atomic E-state index is 12.7. The zero-order valence-electron chi connectivity index (χ0n) is 16.0. The number of carbonyl (C=O) groups excluding carboxylic acids is 2. The summed E-state index contributed by atoms with van der Waals surface area (Å²) in [5, 5.41) is 5.34. The summed E-state index contributed by atoms with van der Waals surface area (Å²) in [6.45, 7) is 2.06. The standard InChI is InChI=1S/C22H19N3O4/c1-3-29-22(27)19-11-14-9-15(7-8-17(14)25-19)24-21(26)18-10-13-5-4-6-20(28-2)16(13)12-23-18/h4-12,25H,3H2,1-2H3,(H,24,26). The molecule has 2 aromatic heterocycles. The number of nitrogens with one attached hydrogen (secondary N) is 2. The number of aromatic nitrogens is 2. The zero-order chi connectivity index (χ0) is 20.4. The second kappa shape index (κ2) is 7.63. The minimum Gasteiger partial charge on any atom is -0.496 e. The van der Waals surface area contributed by atoms with E-state index in [2.05, 4.69) is 15.3 Å². The maximum Gasteiger partial charge on any atom is 0.354 e. The van der Waals surface area contributed by atoms with Gasteiger partial charge in [0.05, 0.1) is 13.7 Å². The molecule has 0 unspecified atom stereocenters. The molecule has 0 spiro atoms. The Labute approximate surface area is 166 Å². The first kappa shape index (κ1) is 18.5. The number of nitrogens with zero attached hydrogens (tertiary/aromatic N) is 1. The number of hydrogen-bond acceptors (Lipinski definition) is 5. The third-order valence-corrected chi connectivity index (χ3v) is 4.55.